The number of rotatable bonds is 2. The molecule has 0 radical (unpaired) electrons. The average Bonchev–Trinajstić information content (AvgIpc) is 2.87. The molecule has 1 aromatic carbocycles. The Morgan fingerprint density at radius 3 is 2.38 bits per heavy atom. The molecule has 2 amide bonds. The van der Waals surface area contributed by atoms with E-state index in [2.05, 4.69) is 0 Å². The second-order valence-corrected chi connectivity index (χ2v) is 6.47. The van der Waals surface area contributed by atoms with E-state index in [1.165, 1.54) is 0 Å². The van der Waals surface area contributed by atoms with Crippen molar-refractivity contribution in [2.75, 3.05) is 22.7 Å². The van der Waals surface area contributed by atoms with Gasteiger partial charge in [0.1, 0.15) is 11.6 Å². The molecular formula is C18H20ClN3O2. The fourth-order valence-electron chi connectivity index (χ4n) is 3.35. The van der Waals surface area contributed by atoms with Crippen molar-refractivity contribution in [3.05, 3.63) is 41.7 Å². The molecule has 0 bridgehead atoms. The molecule has 5 nitrogen and oxygen atoms in total. The van der Waals surface area contributed by atoms with Crippen molar-refractivity contribution >= 4 is 40.5 Å². The SMILES string of the molecule is Cc1cc2c(n1C(C)C)C(=O)N(C)c1ccccc1N2C(=O)CCl. The number of hydrogen-bond donors (Lipinski definition) is 0. The van der Waals surface area contributed by atoms with Crippen LogP contribution in [0, 0.1) is 6.92 Å². The summed E-state index contributed by atoms with van der Waals surface area (Å²) in [5.74, 6) is -0.545. The average molecular weight is 346 g/mol. The third kappa shape index (κ3) is 2.31. The largest absolute Gasteiger partial charge is 0.337 e. The number of benzene rings is 1. The first-order valence-corrected chi connectivity index (χ1v) is 8.39. The van der Waals surface area contributed by atoms with Crippen LogP contribution in [-0.4, -0.2) is 29.3 Å². The van der Waals surface area contributed by atoms with Crippen molar-refractivity contribution in [1.29, 1.82) is 0 Å². The Hall–Kier alpha value is -2.27. The maximum Gasteiger partial charge on any atom is 0.276 e. The number of amides is 2. The number of nitrogens with zero attached hydrogens (tertiary/aromatic N) is 3. The molecule has 0 aliphatic carbocycles. The lowest BCUT2D eigenvalue weighted by Gasteiger charge is -2.23. The van der Waals surface area contributed by atoms with E-state index in [0.717, 1.165) is 5.69 Å². The molecule has 0 saturated carbocycles. The molecule has 24 heavy (non-hydrogen) atoms. The quantitative estimate of drug-likeness (QED) is 0.775. The van der Waals surface area contributed by atoms with Gasteiger partial charge in [0.25, 0.3) is 5.91 Å². The van der Waals surface area contributed by atoms with Gasteiger partial charge in [0.15, 0.2) is 0 Å². The first-order chi connectivity index (χ1) is 11.4. The molecule has 1 aliphatic rings. The number of carbonyl (C=O) groups is 2. The Bertz CT molecular complexity index is 826. The molecule has 2 heterocycles. The van der Waals surface area contributed by atoms with E-state index < -0.39 is 0 Å². The van der Waals surface area contributed by atoms with E-state index in [1.54, 1.807) is 16.8 Å². The summed E-state index contributed by atoms with van der Waals surface area (Å²) >= 11 is 5.86. The molecule has 0 atom stereocenters. The molecule has 0 N–H and O–H groups in total. The van der Waals surface area contributed by atoms with Crippen LogP contribution in [0.2, 0.25) is 0 Å². The Balaban J connectivity index is 2.38. The Labute approximate surface area is 146 Å². The van der Waals surface area contributed by atoms with Gasteiger partial charge in [-0.1, -0.05) is 12.1 Å². The highest BCUT2D eigenvalue weighted by atomic mass is 35.5. The lowest BCUT2D eigenvalue weighted by Crippen LogP contribution is -2.28. The van der Waals surface area contributed by atoms with Crippen LogP contribution < -0.4 is 9.80 Å². The maximum atomic E-state index is 13.1. The molecular weight excluding hydrogens is 326 g/mol. The number of anilines is 3. The summed E-state index contributed by atoms with van der Waals surface area (Å²) in [6.45, 7) is 5.98. The summed E-state index contributed by atoms with van der Waals surface area (Å²) in [5, 5.41) is 0. The minimum atomic E-state index is -0.255. The molecule has 0 saturated heterocycles. The van der Waals surface area contributed by atoms with E-state index in [4.69, 9.17) is 11.6 Å². The summed E-state index contributed by atoms with van der Waals surface area (Å²) in [5.41, 5.74) is 3.39. The Kier molecular flexibility index (Phi) is 4.13. The van der Waals surface area contributed by atoms with Crippen LogP contribution in [0.4, 0.5) is 17.1 Å². The molecule has 0 fully saturated rings. The topological polar surface area (TPSA) is 45.6 Å². The number of alkyl halides is 1. The second kappa shape index (κ2) is 5.98. The zero-order valence-electron chi connectivity index (χ0n) is 14.2. The van der Waals surface area contributed by atoms with Crippen LogP contribution >= 0.6 is 11.6 Å². The lowest BCUT2D eigenvalue weighted by molar-refractivity contribution is -0.115. The molecule has 2 aromatic rings. The minimum Gasteiger partial charge on any atom is -0.337 e. The summed E-state index contributed by atoms with van der Waals surface area (Å²) < 4.78 is 1.97. The van der Waals surface area contributed by atoms with Crippen molar-refractivity contribution in [3.8, 4) is 0 Å². The van der Waals surface area contributed by atoms with E-state index in [-0.39, 0.29) is 23.7 Å². The van der Waals surface area contributed by atoms with Crippen LogP contribution in [0.15, 0.2) is 30.3 Å². The van der Waals surface area contributed by atoms with Gasteiger partial charge in [-0.2, -0.15) is 0 Å². The maximum absolute atomic E-state index is 13.1. The van der Waals surface area contributed by atoms with Crippen molar-refractivity contribution < 1.29 is 9.59 Å². The van der Waals surface area contributed by atoms with Gasteiger partial charge in [-0.25, -0.2) is 0 Å². The van der Waals surface area contributed by atoms with Gasteiger partial charge in [0.05, 0.1) is 17.1 Å². The molecule has 0 spiro atoms. The van der Waals surface area contributed by atoms with E-state index in [9.17, 15) is 9.59 Å². The fraction of sp³-hybridized carbons (Fsp3) is 0.333. The summed E-state index contributed by atoms with van der Waals surface area (Å²) in [6.07, 6.45) is 0. The third-order valence-corrected chi connectivity index (χ3v) is 4.55. The van der Waals surface area contributed by atoms with Gasteiger partial charge >= 0.3 is 0 Å². The number of aromatic nitrogens is 1. The summed E-state index contributed by atoms with van der Waals surface area (Å²) in [6, 6.07) is 9.35. The van der Waals surface area contributed by atoms with Gasteiger partial charge in [0, 0.05) is 18.8 Å². The van der Waals surface area contributed by atoms with Crippen LogP contribution in [0.5, 0.6) is 0 Å². The number of aryl methyl sites for hydroxylation is 1. The van der Waals surface area contributed by atoms with Gasteiger partial charge in [-0.3, -0.25) is 14.5 Å². The monoisotopic (exact) mass is 345 g/mol. The van der Waals surface area contributed by atoms with Crippen molar-refractivity contribution in [2.45, 2.75) is 26.8 Å². The Morgan fingerprint density at radius 1 is 1.17 bits per heavy atom. The predicted octanol–water partition coefficient (Wildman–Crippen LogP) is 3.87. The van der Waals surface area contributed by atoms with Gasteiger partial charge < -0.3 is 9.47 Å². The normalized spacial score (nSPS) is 13.8. The zero-order valence-corrected chi connectivity index (χ0v) is 15.0. The van der Waals surface area contributed by atoms with Gasteiger partial charge in [-0.15, -0.1) is 11.6 Å². The number of fused-ring (bicyclic) bond motifs is 2. The number of halogens is 1. The zero-order chi connectivity index (χ0) is 17.6. The summed E-state index contributed by atoms with van der Waals surface area (Å²) in [4.78, 5) is 28.9. The first-order valence-electron chi connectivity index (χ1n) is 7.86. The van der Waals surface area contributed by atoms with E-state index in [0.29, 0.717) is 22.8 Å². The van der Waals surface area contributed by atoms with E-state index in [1.807, 2.05) is 55.7 Å². The van der Waals surface area contributed by atoms with Crippen LogP contribution in [0.3, 0.4) is 0 Å². The fourth-order valence-corrected chi connectivity index (χ4v) is 3.47. The van der Waals surface area contributed by atoms with Gasteiger partial charge in [-0.05, 0) is 39.0 Å². The smallest absolute Gasteiger partial charge is 0.276 e. The number of hydrogen-bond acceptors (Lipinski definition) is 2. The molecule has 3 rings (SSSR count). The van der Waals surface area contributed by atoms with Crippen molar-refractivity contribution in [2.24, 2.45) is 0 Å². The highest BCUT2D eigenvalue weighted by molar-refractivity contribution is 6.31. The standard InChI is InChI=1S/C18H20ClN3O2/c1-11(2)21-12(3)9-15-17(21)18(24)20(4)13-7-5-6-8-14(13)22(15)16(23)10-19/h5-9,11H,10H2,1-4H3. The third-order valence-electron chi connectivity index (χ3n) is 4.32. The van der Waals surface area contributed by atoms with Crippen LogP contribution in [0.25, 0.3) is 0 Å². The van der Waals surface area contributed by atoms with Crippen LogP contribution in [-0.2, 0) is 4.79 Å². The number of carbonyl (C=O) groups excluding carboxylic acids is 2. The van der Waals surface area contributed by atoms with Crippen molar-refractivity contribution in [3.63, 3.8) is 0 Å². The second-order valence-electron chi connectivity index (χ2n) is 6.20. The molecule has 1 aliphatic heterocycles. The summed E-state index contributed by atoms with van der Waals surface area (Å²) in [7, 11) is 1.73. The molecule has 0 unspecified atom stereocenters. The lowest BCUT2D eigenvalue weighted by atomic mass is 10.2. The highest BCUT2D eigenvalue weighted by Gasteiger charge is 2.35. The van der Waals surface area contributed by atoms with E-state index >= 15 is 0 Å². The molecule has 126 valence electrons. The predicted molar refractivity (Wildman–Crippen MR) is 96.6 cm³/mol. The Morgan fingerprint density at radius 2 is 1.79 bits per heavy atom. The van der Waals surface area contributed by atoms with Crippen LogP contribution in [0.1, 0.15) is 36.1 Å². The number of para-hydroxylation sites is 2. The molecule has 1 aromatic heterocycles. The van der Waals surface area contributed by atoms with Crippen molar-refractivity contribution in [1.82, 2.24) is 4.57 Å². The molecule has 6 heteroatoms. The first kappa shape index (κ1) is 16.6. The van der Waals surface area contributed by atoms with Gasteiger partial charge in [0.2, 0.25) is 5.91 Å². The highest BCUT2D eigenvalue weighted by Crippen LogP contribution is 2.42. The minimum absolute atomic E-state index is 0.0975.